The molecule has 0 aliphatic carbocycles. The van der Waals surface area contributed by atoms with E-state index in [9.17, 15) is 22.8 Å². The standard InChI is InChI=1S/C27H22F3N5O2/c1-17(36)33-22-10-8-19(9-11-22)24-12-13-31-26(35-24)34-23-7-3-5-20(15-23)25(37)32-16-18-4-2-6-21(14-18)27(28,29)30/h2-15H,16H2,1H3,(H,32,37)(H,33,36)(H,31,34,35). The summed E-state index contributed by atoms with van der Waals surface area (Å²) in [4.78, 5) is 32.5. The minimum Gasteiger partial charge on any atom is -0.348 e. The molecule has 2 amide bonds. The van der Waals surface area contributed by atoms with Gasteiger partial charge in [0.15, 0.2) is 0 Å². The maximum absolute atomic E-state index is 12.9. The van der Waals surface area contributed by atoms with Crippen molar-refractivity contribution in [3.05, 3.63) is 102 Å². The Morgan fingerprint density at radius 1 is 0.892 bits per heavy atom. The summed E-state index contributed by atoms with van der Waals surface area (Å²) in [6.07, 6.45) is -2.85. The minimum atomic E-state index is -4.45. The zero-order valence-corrected chi connectivity index (χ0v) is 19.6. The average molecular weight is 506 g/mol. The molecule has 3 N–H and O–H groups in total. The van der Waals surface area contributed by atoms with E-state index in [4.69, 9.17) is 0 Å². The fourth-order valence-electron chi connectivity index (χ4n) is 3.52. The van der Waals surface area contributed by atoms with Crippen LogP contribution in [0.15, 0.2) is 85.1 Å². The summed E-state index contributed by atoms with van der Waals surface area (Å²) in [7, 11) is 0. The van der Waals surface area contributed by atoms with Crippen LogP contribution in [0.3, 0.4) is 0 Å². The Labute approximate surface area is 210 Å². The number of hydrogen-bond donors (Lipinski definition) is 3. The number of rotatable bonds is 7. The van der Waals surface area contributed by atoms with E-state index in [0.29, 0.717) is 34.1 Å². The second-order valence-corrected chi connectivity index (χ2v) is 8.11. The minimum absolute atomic E-state index is 0.0493. The first-order chi connectivity index (χ1) is 17.7. The summed E-state index contributed by atoms with van der Waals surface area (Å²) in [6, 6.07) is 20.4. The number of carbonyl (C=O) groups is 2. The first-order valence-corrected chi connectivity index (χ1v) is 11.2. The van der Waals surface area contributed by atoms with E-state index < -0.39 is 17.6 Å². The number of amides is 2. The number of aromatic nitrogens is 2. The van der Waals surface area contributed by atoms with Crippen LogP contribution >= 0.6 is 0 Å². The zero-order valence-electron chi connectivity index (χ0n) is 19.6. The highest BCUT2D eigenvalue weighted by molar-refractivity contribution is 5.95. The third-order valence-corrected chi connectivity index (χ3v) is 5.24. The predicted molar refractivity (Wildman–Crippen MR) is 134 cm³/mol. The highest BCUT2D eigenvalue weighted by atomic mass is 19.4. The topological polar surface area (TPSA) is 96.0 Å². The normalized spacial score (nSPS) is 11.0. The predicted octanol–water partition coefficient (Wildman–Crippen LogP) is 5.79. The Morgan fingerprint density at radius 2 is 1.65 bits per heavy atom. The molecule has 7 nitrogen and oxygen atoms in total. The summed E-state index contributed by atoms with van der Waals surface area (Å²) in [5, 5.41) is 8.41. The van der Waals surface area contributed by atoms with Gasteiger partial charge in [-0.3, -0.25) is 9.59 Å². The van der Waals surface area contributed by atoms with Gasteiger partial charge < -0.3 is 16.0 Å². The van der Waals surface area contributed by atoms with E-state index in [1.54, 1.807) is 48.7 Å². The number of nitrogens with zero attached hydrogens (tertiary/aromatic N) is 2. The number of carbonyl (C=O) groups excluding carboxylic acids is 2. The summed E-state index contributed by atoms with van der Waals surface area (Å²) < 4.78 is 38.7. The van der Waals surface area contributed by atoms with Crippen LogP contribution in [-0.2, 0) is 17.5 Å². The van der Waals surface area contributed by atoms with Crippen LogP contribution in [0.2, 0.25) is 0 Å². The van der Waals surface area contributed by atoms with E-state index >= 15 is 0 Å². The summed E-state index contributed by atoms with van der Waals surface area (Å²) in [5.74, 6) is -0.284. The summed E-state index contributed by atoms with van der Waals surface area (Å²) >= 11 is 0. The molecule has 0 bridgehead atoms. The molecule has 0 saturated heterocycles. The van der Waals surface area contributed by atoms with E-state index in [-0.39, 0.29) is 12.5 Å². The third-order valence-electron chi connectivity index (χ3n) is 5.24. The van der Waals surface area contributed by atoms with Gasteiger partial charge in [0.2, 0.25) is 11.9 Å². The van der Waals surface area contributed by atoms with Gasteiger partial charge in [-0.25, -0.2) is 9.97 Å². The molecule has 4 aromatic rings. The maximum atomic E-state index is 12.9. The van der Waals surface area contributed by atoms with Gasteiger partial charge in [0.05, 0.1) is 11.3 Å². The van der Waals surface area contributed by atoms with Crippen molar-refractivity contribution >= 4 is 29.1 Å². The third kappa shape index (κ3) is 6.91. The number of nitrogens with one attached hydrogen (secondary N) is 3. The van der Waals surface area contributed by atoms with Gasteiger partial charge >= 0.3 is 6.18 Å². The van der Waals surface area contributed by atoms with Crippen LogP contribution in [0.25, 0.3) is 11.3 Å². The second kappa shape index (κ2) is 10.9. The van der Waals surface area contributed by atoms with E-state index in [1.807, 2.05) is 12.1 Å². The number of alkyl halides is 3. The molecule has 0 spiro atoms. The van der Waals surface area contributed by atoms with Gasteiger partial charge in [0.25, 0.3) is 5.91 Å². The zero-order chi connectivity index (χ0) is 26.4. The van der Waals surface area contributed by atoms with Crippen LogP contribution in [0.4, 0.5) is 30.5 Å². The molecule has 0 aliphatic heterocycles. The lowest BCUT2D eigenvalue weighted by atomic mass is 10.1. The summed E-state index contributed by atoms with van der Waals surface area (Å²) in [5.41, 5.74) is 2.60. The van der Waals surface area contributed by atoms with Gasteiger partial charge in [0.1, 0.15) is 0 Å². The molecule has 0 atom stereocenters. The number of halogens is 3. The Balaban J connectivity index is 1.42. The van der Waals surface area contributed by atoms with Crippen molar-refractivity contribution in [2.24, 2.45) is 0 Å². The molecule has 0 saturated carbocycles. The van der Waals surface area contributed by atoms with Crippen LogP contribution < -0.4 is 16.0 Å². The van der Waals surface area contributed by atoms with Crippen LogP contribution in [-0.4, -0.2) is 21.8 Å². The van der Waals surface area contributed by atoms with Crippen molar-refractivity contribution in [2.75, 3.05) is 10.6 Å². The molecule has 10 heteroatoms. The Bertz CT molecular complexity index is 1420. The van der Waals surface area contributed by atoms with Crippen molar-refractivity contribution in [3.63, 3.8) is 0 Å². The lowest BCUT2D eigenvalue weighted by Crippen LogP contribution is -2.23. The summed E-state index contributed by atoms with van der Waals surface area (Å²) in [6.45, 7) is 1.39. The molecule has 4 rings (SSSR count). The fourth-order valence-corrected chi connectivity index (χ4v) is 3.52. The average Bonchev–Trinajstić information content (AvgIpc) is 2.87. The molecular formula is C27H22F3N5O2. The van der Waals surface area contributed by atoms with E-state index in [2.05, 4.69) is 25.9 Å². The Hall–Kier alpha value is -4.73. The molecule has 188 valence electrons. The highest BCUT2D eigenvalue weighted by Gasteiger charge is 2.30. The van der Waals surface area contributed by atoms with Crippen molar-refractivity contribution in [1.29, 1.82) is 0 Å². The maximum Gasteiger partial charge on any atom is 0.416 e. The van der Waals surface area contributed by atoms with Crippen molar-refractivity contribution in [1.82, 2.24) is 15.3 Å². The second-order valence-electron chi connectivity index (χ2n) is 8.11. The van der Waals surface area contributed by atoms with Gasteiger partial charge in [-0.1, -0.05) is 30.3 Å². The van der Waals surface area contributed by atoms with Gasteiger partial charge in [-0.15, -0.1) is 0 Å². The molecule has 0 unspecified atom stereocenters. The van der Waals surface area contributed by atoms with Crippen molar-refractivity contribution in [3.8, 4) is 11.3 Å². The van der Waals surface area contributed by atoms with Crippen LogP contribution in [0.5, 0.6) is 0 Å². The lowest BCUT2D eigenvalue weighted by molar-refractivity contribution is -0.137. The van der Waals surface area contributed by atoms with E-state index in [0.717, 1.165) is 17.7 Å². The Morgan fingerprint density at radius 3 is 2.38 bits per heavy atom. The van der Waals surface area contributed by atoms with Crippen molar-refractivity contribution in [2.45, 2.75) is 19.6 Å². The Kier molecular flexibility index (Phi) is 7.47. The molecule has 1 aromatic heterocycles. The SMILES string of the molecule is CC(=O)Nc1ccc(-c2ccnc(Nc3cccc(C(=O)NCc4cccc(C(F)(F)F)c4)c3)n2)cc1. The molecule has 0 radical (unpaired) electrons. The molecule has 0 fully saturated rings. The largest absolute Gasteiger partial charge is 0.416 e. The van der Waals surface area contributed by atoms with Gasteiger partial charge in [-0.2, -0.15) is 13.2 Å². The molecule has 1 heterocycles. The number of hydrogen-bond acceptors (Lipinski definition) is 5. The van der Waals surface area contributed by atoms with Crippen LogP contribution in [0, 0.1) is 0 Å². The quantitative estimate of drug-likeness (QED) is 0.295. The van der Waals surface area contributed by atoms with Gasteiger partial charge in [-0.05, 0) is 54.1 Å². The monoisotopic (exact) mass is 505 g/mol. The molecule has 0 aliphatic rings. The molecular weight excluding hydrogens is 483 g/mol. The van der Waals surface area contributed by atoms with E-state index in [1.165, 1.54) is 19.1 Å². The van der Waals surface area contributed by atoms with Crippen molar-refractivity contribution < 1.29 is 22.8 Å². The van der Waals surface area contributed by atoms with Gasteiger partial charge in [0, 0.05) is 42.2 Å². The fraction of sp³-hybridized carbons (Fsp3) is 0.111. The first-order valence-electron chi connectivity index (χ1n) is 11.2. The lowest BCUT2D eigenvalue weighted by Gasteiger charge is -2.11. The molecule has 3 aromatic carbocycles. The molecule has 37 heavy (non-hydrogen) atoms. The number of benzene rings is 3. The highest BCUT2D eigenvalue weighted by Crippen LogP contribution is 2.29. The smallest absolute Gasteiger partial charge is 0.348 e. The van der Waals surface area contributed by atoms with Crippen LogP contribution in [0.1, 0.15) is 28.4 Å². The number of anilines is 3. The first kappa shape index (κ1) is 25.4.